The Morgan fingerprint density at radius 2 is 1.67 bits per heavy atom. The number of nitrogens with zero attached hydrogens (tertiary/aromatic N) is 2. The van der Waals surface area contributed by atoms with E-state index in [1.807, 2.05) is 4.83 Å². The number of anilines is 1. The van der Waals surface area contributed by atoms with Gasteiger partial charge >= 0.3 is 6.18 Å². The van der Waals surface area contributed by atoms with Crippen LogP contribution in [-0.4, -0.2) is 18.4 Å². The van der Waals surface area contributed by atoms with Crippen LogP contribution in [0, 0.1) is 13.8 Å². The molecule has 0 fully saturated rings. The molecule has 0 bridgehead atoms. The van der Waals surface area contributed by atoms with Gasteiger partial charge in [-0.05, 0) is 38.1 Å². The van der Waals surface area contributed by atoms with E-state index in [-0.39, 0.29) is 5.95 Å². The molecule has 0 unspecified atom stereocenters. The molecule has 0 saturated heterocycles. The van der Waals surface area contributed by atoms with Gasteiger partial charge in [-0.1, -0.05) is 11.6 Å². The summed E-state index contributed by atoms with van der Waals surface area (Å²) in [6, 6.07) is 3.96. The highest BCUT2D eigenvalue weighted by atomic mass is 35.5. The molecule has 2 rings (SSSR count). The topological polar surface area (TPSA) is 84.0 Å². The van der Waals surface area contributed by atoms with Crippen molar-refractivity contribution in [3.05, 3.63) is 46.2 Å². The summed E-state index contributed by atoms with van der Waals surface area (Å²) in [5, 5.41) is -0.591. The molecule has 0 aliphatic carbocycles. The molecule has 130 valence electrons. The highest BCUT2D eigenvalue weighted by molar-refractivity contribution is 7.89. The Kier molecular flexibility index (Phi) is 5.02. The summed E-state index contributed by atoms with van der Waals surface area (Å²) in [4.78, 5) is 9.23. The number of aryl methyl sites for hydroxylation is 2. The SMILES string of the molecule is Cc1cc(C)nc(NNS(=O)(=O)c2ccc(Cl)c(C(F)(F)F)c2)n1. The fourth-order valence-corrected chi connectivity index (χ4v) is 2.93. The van der Waals surface area contributed by atoms with E-state index in [9.17, 15) is 21.6 Å². The van der Waals surface area contributed by atoms with Crippen LogP contribution in [0.2, 0.25) is 5.02 Å². The van der Waals surface area contributed by atoms with Crippen molar-refractivity contribution in [2.75, 3.05) is 5.43 Å². The summed E-state index contributed by atoms with van der Waals surface area (Å²) in [6.07, 6.45) is -4.77. The first-order chi connectivity index (χ1) is 11.0. The van der Waals surface area contributed by atoms with Crippen molar-refractivity contribution >= 4 is 27.6 Å². The molecule has 0 saturated carbocycles. The predicted octanol–water partition coefficient (Wildman–Crippen LogP) is 3.07. The maximum Gasteiger partial charge on any atom is 0.417 e. The minimum absolute atomic E-state index is 0.0268. The molecule has 1 aromatic heterocycles. The molecule has 0 amide bonds. The first kappa shape index (κ1) is 18.4. The number of halogens is 4. The zero-order valence-corrected chi connectivity index (χ0v) is 14.0. The van der Waals surface area contributed by atoms with E-state index in [0.717, 1.165) is 12.1 Å². The molecule has 0 aliphatic heterocycles. The van der Waals surface area contributed by atoms with Crippen molar-refractivity contribution in [1.82, 2.24) is 14.8 Å². The summed E-state index contributed by atoms with van der Waals surface area (Å²) in [7, 11) is -4.28. The van der Waals surface area contributed by atoms with Crippen LogP contribution in [0.1, 0.15) is 17.0 Å². The van der Waals surface area contributed by atoms with Crippen molar-refractivity contribution in [1.29, 1.82) is 0 Å². The molecule has 0 radical (unpaired) electrons. The maximum atomic E-state index is 12.8. The van der Waals surface area contributed by atoms with Gasteiger partial charge in [-0.25, -0.2) is 18.4 Å². The Hall–Kier alpha value is -1.91. The van der Waals surface area contributed by atoms with Crippen LogP contribution in [-0.2, 0) is 16.2 Å². The van der Waals surface area contributed by atoms with E-state index in [2.05, 4.69) is 15.4 Å². The van der Waals surface area contributed by atoms with Gasteiger partial charge in [0.25, 0.3) is 10.0 Å². The molecule has 2 aromatic rings. The monoisotopic (exact) mass is 380 g/mol. The number of alkyl halides is 3. The highest BCUT2D eigenvalue weighted by Gasteiger charge is 2.34. The van der Waals surface area contributed by atoms with Gasteiger partial charge in [0.1, 0.15) is 0 Å². The third kappa shape index (κ3) is 4.34. The number of benzene rings is 1. The minimum Gasteiger partial charge on any atom is -0.276 e. The van der Waals surface area contributed by atoms with Crippen LogP contribution in [0.3, 0.4) is 0 Å². The Morgan fingerprint density at radius 1 is 1.08 bits per heavy atom. The molecule has 0 spiro atoms. The normalized spacial score (nSPS) is 12.2. The van der Waals surface area contributed by atoms with E-state index >= 15 is 0 Å². The molecular formula is C13H12ClF3N4O2S. The van der Waals surface area contributed by atoms with Crippen LogP contribution in [0.5, 0.6) is 0 Å². The number of hydrazine groups is 1. The second kappa shape index (κ2) is 6.54. The molecule has 0 aliphatic rings. The summed E-state index contributed by atoms with van der Waals surface area (Å²) in [5.74, 6) is -0.0268. The average molecular weight is 381 g/mol. The number of sulfonamides is 1. The van der Waals surface area contributed by atoms with Crippen molar-refractivity contribution in [2.24, 2.45) is 0 Å². The standard InChI is InChI=1S/C13H12ClF3N4O2S/c1-7-5-8(2)19-12(18-7)20-21-24(22,23)9-3-4-11(14)10(6-9)13(15,16)17/h3-6,21H,1-2H3,(H,18,19,20). The predicted molar refractivity (Wildman–Crippen MR) is 81.9 cm³/mol. The molecule has 1 heterocycles. The lowest BCUT2D eigenvalue weighted by atomic mass is 10.2. The number of hydrogen-bond donors (Lipinski definition) is 2. The first-order valence-electron chi connectivity index (χ1n) is 6.46. The molecular weight excluding hydrogens is 369 g/mol. The van der Waals surface area contributed by atoms with E-state index in [1.165, 1.54) is 0 Å². The third-order valence-electron chi connectivity index (χ3n) is 2.83. The smallest absolute Gasteiger partial charge is 0.276 e. The van der Waals surface area contributed by atoms with Gasteiger partial charge in [-0.2, -0.15) is 13.2 Å². The molecule has 0 atom stereocenters. The highest BCUT2D eigenvalue weighted by Crippen LogP contribution is 2.35. The molecule has 24 heavy (non-hydrogen) atoms. The van der Waals surface area contributed by atoms with Gasteiger partial charge in [-0.3, -0.25) is 5.43 Å². The lowest BCUT2D eigenvalue weighted by Crippen LogP contribution is -2.31. The van der Waals surface area contributed by atoms with Gasteiger partial charge in [0.05, 0.1) is 15.5 Å². The fraction of sp³-hybridized carbons (Fsp3) is 0.231. The van der Waals surface area contributed by atoms with E-state index in [4.69, 9.17) is 11.6 Å². The lowest BCUT2D eigenvalue weighted by Gasteiger charge is -2.12. The molecule has 1 aromatic carbocycles. The van der Waals surface area contributed by atoms with Gasteiger partial charge in [-0.15, -0.1) is 4.83 Å². The first-order valence-corrected chi connectivity index (χ1v) is 8.32. The van der Waals surface area contributed by atoms with Crippen LogP contribution < -0.4 is 10.3 Å². The van der Waals surface area contributed by atoms with Crippen LogP contribution in [0.15, 0.2) is 29.2 Å². The van der Waals surface area contributed by atoms with E-state index in [0.29, 0.717) is 17.5 Å². The largest absolute Gasteiger partial charge is 0.417 e. The van der Waals surface area contributed by atoms with E-state index in [1.54, 1.807) is 19.9 Å². The van der Waals surface area contributed by atoms with E-state index < -0.39 is 31.7 Å². The number of aromatic nitrogens is 2. The second-order valence-electron chi connectivity index (χ2n) is 4.84. The molecule has 6 nitrogen and oxygen atoms in total. The van der Waals surface area contributed by atoms with Crippen LogP contribution in [0.25, 0.3) is 0 Å². The number of nitrogens with one attached hydrogen (secondary N) is 2. The molecule has 2 N–H and O–H groups in total. The van der Waals surface area contributed by atoms with Crippen molar-refractivity contribution < 1.29 is 21.6 Å². The Bertz CT molecular complexity index is 852. The van der Waals surface area contributed by atoms with Crippen LogP contribution >= 0.6 is 11.6 Å². The lowest BCUT2D eigenvalue weighted by molar-refractivity contribution is -0.137. The number of hydrogen-bond acceptors (Lipinski definition) is 5. The van der Waals surface area contributed by atoms with Gasteiger partial charge in [0.15, 0.2) is 0 Å². The Balaban J connectivity index is 2.27. The average Bonchev–Trinajstić information content (AvgIpc) is 2.43. The van der Waals surface area contributed by atoms with Crippen molar-refractivity contribution in [3.63, 3.8) is 0 Å². The van der Waals surface area contributed by atoms with Gasteiger partial charge in [0.2, 0.25) is 5.95 Å². The molecule has 11 heteroatoms. The summed E-state index contributed by atoms with van der Waals surface area (Å²) in [6.45, 7) is 3.37. The third-order valence-corrected chi connectivity index (χ3v) is 4.41. The summed E-state index contributed by atoms with van der Waals surface area (Å²) >= 11 is 5.47. The maximum absolute atomic E-state index is 12.8. The Morgan fingerprint density at radius 3 is 2.21 bits per heavy atom. The quantitative estimate of drug-likeness (QED) is 0.796. The summed E-state index contributed by atoms with van der Waals surface area (Å²) < 4.78 is 62.7. The van der Waals surface area contributed by atoms with Crippen molar-refractivity contribution in [3.8, 4) is 0 Å². The number of rotatable bonds is 4. The zero-order chi connectivity index (χ0) is 18.1. The van der Waals surface area contributed by atoms with Crippen LogP contribution in [0.4, 0.5) is 19.1 Å². The van der Waals surface area contributed by atoms with Gasteiger partial charge in [0, 0.05) is 11.4 Å². The second-order valence-corrected chi connectivity index (χ2v) is 6.93. The minimum atomic E-state index is -4.77. The zero-order valence-electron chi connectivity index (χ0n) is 12.4. The summed E-state index contributed by atoms with van der Waals surface area (Å²) in [5.41, 5.74) is 2.21. The van der Waals surface area contributed by atoms with Gasteiger partial charge < -0.3 is 0 Å². The fourth-order valence-electron chi connectivity index (χ4n) is 1.84. The Labute approximate surface area is 141 Å². The van der Waals surface area contributed by atoms with Crippen molar-refractivity contribution in [2.45, 2.75) is 24.9 Å².